The van der Waals surface area contributed by atoms with Crippen LogP contribution >= 0.6 is 0 Å². The lowest BCUT2D eigenvalue weighted by Crippen LogP contribution is -2.31. The second-order valence-corrected chi connectivity index (χ2v) is 5.48. The van der Waals surface area contributed by atoms with E-state index in [0.717, 1.165) is 24.8 Å². The van der Waals surface area contributed by atoms with Gasteiger partial charge in [0.15, 0.2) is 0 Å². The zero-order valence-electron chi connectivity index (χ0n) is 12.2. The van der Waals surface area contributed by atoms with E-state index in [2.05, 4.69) is 35.8 Å². The van der Waals surface area contributed by atoms with Crippen LogP contribution in [0.1, 0.15) is 30.4 Å². The molecule has 1 aromatic carbocycles. The number of hydrogen-bond acceptors (Lipinski definition) is 3. The SMILES string of the molecule is COc1ccc(CNCCC2CCCNC2)cc1C. The molecule has 0 radical (unpaired) electrons. The first-order chi connectivity index (χ1) is 9.29. The van der Waals surface area contributed by atoms with Crippen molar-refractivity contribution in [3.63, 3.8) is 0 Å². The Labute approximate surface area is 116 Å². The molecular formula is C16H26N2O. The first kappa shape index (κ1) is 14.4. The Morgan fingerprint density at radius 2 is 2.32 bits per heavy atom. The van der Waals surface area contributed by atoms with Crippen LogP contribution in [-0.4, -0.2) is 26.7 Å². The molecule has 106 valence electrons. The fourth-order valence-electron chi connectivity index (χ4n) is 2.76. The predicted molar refractivity (Wildman–Crippen MR) is 79.6 cm³/mol. The normalized spacial score (nSPS) is 19.4. The summed E-state index contributed by atoms with van der Waals surface area (Å²) >= 11 is 0. The van der Waals surface area contributed by atoms with Gasteiger partial charge in [-0.15, -0.1) is 0 Å². The van der Waals surface area contributed by atoms with Crippen molar-refractivity contribution in [2.75, 3.05) is 26.7 Å². The van der Waals surface area contributed by atoms with Crippen LogP contribution in [0, 0.1) is 12.8 Å². The highest BCUT2D eigenvalue weighted by molar-refractivity contribution is 5.36. The molecule has 2 rings (SSSR count). The molecule has 1 aliphatic rings. The Morgan fingerprint density at radius 3 is 3.00 bits per heavy atom. The number of piperidine rings is 1. The third-order valence-electron chi connectivity index (χ3n) is 3.92. The van der Waals surface area contributed by atoms with Gasteiger partial charge in [-0.05, 0) is 68.9 Å². The highest BCUT2D eigenvalue weighted by Gasteiger charge is 2.11. The molecule has 3 nitrogen and oxygen atoms in total. The largest absolute Gasteiger partial charge is 0.496 e. The molecule has 1 saturated heterocycles. The van der Waals surface area contributed by atoms with Gasteiger partial charge in [0.1, 0.15) is 5.75 Å². The molecule has 1 atom stereocenters. The first-order valence-electron chi connectivity index (χ1n) is 7.34. The second-order valence-electron chi connectivity index (χ2n) is 5.48. The number of methoxy groups -OCH3 is 1. The molecule has 2 N–H and O–H groups in total. The fraction of sp³-hybridized carbons (Fsp3) is 0.625. The van der Waals surface area contributed by atoms with E-state index in [1.165, 1.54) is 43.5 Å². The average molecular weight is 262 g/mol. The lowest BCUT2D eigenvalue weighted by atomic mass is 9.96. The molecule has 0 aromatic heterocycles. The molecule has 3 heteroatoms. The quantitative estimate of drug-likeness (QED) is 0.773. The van der Waals surface area contributed by atoms with Gasteiger partial charge in [-0.25, -0.2) is 0 Å². The van der Waals surface area contributed by atoms with Gasteiger partial charge in [0.2, 0.25) is 0 Å². The van der Waals surface area contributed by atoms with Crippen LogP contribution in [0.3, 0.4) is 0 Å². The number of rotatable bonds is 6. The van der Waals surface area contributed by atoms with Crippen LogP contribution in [0.2, 0.25) is 0 Å². The molecule has 19 heavy (non-hydrogen) atoms. The van der Waals surface area contributed by atoms with E-state index in [1.54, 1.807) is 7.11 Å². The number of benzene rings is 1. The Kier molecular flexibility index (Phi) is 5.67. The van der Waals surface area contributed by atoms with E-state index >= 15 is 0 Å². The smallest absolute Gasteiger partial charge is 0.121 e. The van der Waals surface area contributed by atoms with Crippen LogP contribution in [0.4, 0.5) is 0 Å². The van der Waals surface area contributed by atoms with Gasteiger partial charge in [-0.1, -0.05) is 12.1 Å². The van der Waals surface area contributed by atoms with Crippen molar-refractivity contribution in [1.29, 1.82) is 0 Å². The van der Waals surface area contributed by atoms with Gasteiger partial charge >= 0.3 is 0 Å². The summed E-state index contributed by atoms with van der Waals surface area (Å²) < 4.78 is 5.28. The standard InChI is InChI=1S/C16H26N2O/c1-13-10-15(5-6-16(13)19-2)12-18-9-7-14-4-3-8-17-11-14/h5-6,10,14,17-18H,3-4,7-9,11-12H2,1-2H3. The number of aryl methyl sites for hydroxylation is 1. The summed E-state index contributed by atoms with van der Waals surface area (Å²) in [5.41, 5.74) is 2.54. The van der Waals surface area contributed by atoms with Crippen molar-refractivity contribution < 1.29 is 4.74 Å². The minimum Gasteiger partial charge on any atom is -0.496 e. The van der Waals surface area contributed by atoms with Gasteiger partial charge in [-0.2, -0.15) is 0 Å². The van der Waals surface area contributed by atoms with E-state index in [0.29, 0.717) is 0 Å². The third-order valence-corrected chi connectivity index (χ3v) is 3.92. The molecule has 1 aliphatic heterocycles. The highest BCUT2D eigenvalue weighted by Crippen LogP contribution is 2.18. The van der Waals surface area contributed by atoms with Gasteiger partial charge < -0.3 is 15.4 Å². The number of nitrogens with one attached hydrogen (secondary N) is 2. The maximum Gasteiger partial charge on any atom is 0.121 e. The van der Waals surface area contributed by atoms with E-state index in [9.17, 15) is 0 Å². The molecule has 1 fully saturated rings. The summed E-state index contributed by atoms with van der Waals surface area (Å²) in [4.78, 5) is 0. The summed E-state index contributed by atoms with van der Waals surface area (Å²) in [5, 5.41) is 7.02. The van der Waals surface area contributed by atoms with Crippen molar-refractivity contribution in [3.8, 4) is 5.75 Å². The van der Waals surface area contributed by atoms with E-state index in [1.807, 2.05) is 0 Å². The van der Waals surface area contributed by atoms with E-state index < -0.39 is 0 Å². The van der Waals surface area contributed by atoms with Crippen molar-refractivity contribution in [2.24, 2.45) is 5.92 Å². The molecule has 0 bridgehead atoms. The van der Waals surface area contributed by atoms with Gasteiger partial charge in [0, 0.05) is 6.54 Å². The molecule has 0 aliphatic carbocycles. The van der Waals surface area contributed by atoms with Crippen molar-refractivity contribution in [2.45, 2.75) is 32.7 Å². The average Bonchev–Trinajstić information content (AvgIpc) is 2.45. The summed E-state index contributed by atoms with van der Waals surface area (Å²) in [5.74, 6) is 1.83. The molecule has 0 spiro atoms. The minimum absolute atomic E-state index is 0.860. The number of ether oxygens (including phenoxy) is 1. The Bertz CT molecular complexity index is 386. The summed E-state index contributed by atoms with van der Waals surface area (Å²) in [6, 6.07) is 6.40. The molecule has 0 saturated carbocycles. The predicted octanol–water partition coefficient (Wildman–Crippen LogP) is 2.48. The zero-order chi connectivity index (χ0) is 13.5. The second kappa shape index (κ2) is 7.51. The van der Waals surface area contributed by atoms with E-state index in [4.69, 9.17) is 4.74 Å². The van der Waals surface area contributed by atoms with Gasteiger partial charge in [0.05, 0.1) is 7.11 Å². The topological polar surface area (TPSA) is 33.3 Å². The van der Waals surface area contributed by atoms with Gasteiger partial charge in [-0.3, -0.25) is 0 Å². The Hall–Kier alpha value is -1.06. The summed E-state index contributed by atoms with van der Waals surface area (Å²) in [6.07, 6.45) is 4.00. The molecular weight excluding hydrogens is 236 g/mol. The van der Waals surface area contributed by atoms with Crippen molar-refractivity contribution in [1.82, 2.24) is 10.6 Å². The maximum absolute atomic E-state index is 5.28. The third kappa shape index (κ3) is 4.51. The van der Waals surface area contributed by atoms with Crippen LogP contribution < -0.4 is 15.4 Å². The highest BCUT2D eigenvalue weighted by atomic mass is 16.5. The lowest BCUT2D eigenvalue weighted by Gasteiger charge is -2.22. The van der Waals surface area contributed by atoms with Crippen LogP contribution in [-0.2, 0) is 6.54 Å². The van der Waals surface area contributed by atoms with Crippen molar-refractivity contribution >= 4 is 0 Å². The van der Waals surface area contributed by atoms with Crippen LogP contribution in [0.25, 0.3) is 0 Å². The van der Waals surface area contributed by atoms with Gasteiger partial charge in [0.25, 0.3) is 0 Å². The fourth-order valence-corrected chi connectivity index (χ4v) is 2.76. The van der Waals surface area contributed by atoms with Crippen molar-refractivity contribution in [3.05, 3.63) is 29.3 Å². The van der Waals surface area contributed by atoms with Crippen LogP contribution in [0.15, 0.2) is 18.2 Å². The summed E-state index contributed by atoms with van der Waals surface area (Å²) in [7, 11) is 1.72. The number of hydrogen-bond donors (Lipinski definition) is 2. The van der Waals surface area contributed by atoms with Crippen LogP contribution in [0.5, 0.6) is 5.75 Å². The minimum atomic E-state index is 0.860. The molecule has 1 heterocycles. The Balaban J connectivity index is 1.69. The molecule has 1 aromatic rings. The molecule has 1 unspecified atom stereocenters. The zero-order valence-corrected chi connectivity index (χ0v) is 12.2. The molecule has 0 amide bonds. The monoisotopic (exact) mass is 262 g/mol. The Morgan fingerprint density at radius 1 is 1.42 bits per heavy atom. The van der Waals surface area contributed by atoms with E-state index in [-0.39, 0.29) is 0 Å². The first-order valence-corrected chi connectivity index (χ1v) is 7.34. The summed E-state index contributed by atoms with van der Waals surface area (Å²) in [6.45, 7) is 6.55. The maximum atomic E-state index is 5.28. The lowest BCUT2D eigenvalue weighted by molar-refractivity contribution is 0.352.